The first-order valence-electron chi connectivity index (χ1n) is 21.1. The van der Waals surface area contributed by atoms with Crippen molar-refractivity contribution in [3.05, 3.63) is 36.5 Å². The number of rotatable bonds is 39. The second-order valence-corrected chi connectivity index (χ2v) is 14.0. The van der Waals surface area contributed by atoms with E-state index in [-0.39, 0.29) is 12.6 Å². The van der Waals surface area contributed by atoms with E-state index in [4.69, 9.17) is 9.47 Å². The first-order valence-corrected chi connectivity index (χ1v) is 21.1. The first-order chi connectivity index (χ1) is 23.7. The molecule has 0 radical (unpaired) electrons. The van der Waals surface area contributed by atoms with Gasteiger partial charge in [-0.2, -0.15) is 0 Å². The molecule has 0 aromatic rings. The number of esters is 1. The van der Waals surface area contributed by atoms with Gasteiger partial charge in [-0.25, -0.2) is 0 Å². The summed E-state index contributed by atoms with van der Waals surface area (Å²) in [4.78, 5) is 12.2. The van der Waals surface area contributed by atoms with Crippen LogP contribution in [0, 0.1) is 0 Å². The summed E-state index contributed by atoms with van der Waals surface area (Å²) in [5, 5.41) is 9.59. The fourth-order valence-corrected chi connectivity index (χ4v) is 6.11. The van der Waals surface area contributed by atoms with E-state index < -0.39 is 6.10 Å². The van der Waals surface area contributed by atoms with Gasteiger partial charge in [-0.15, -0.1) is 0 Å². The number of aliphatic hydroxyl groups is 1. The lowest BCUT2D eigenvalue weighted by Gasteiger charge is -2.16. The van der Waals surface area contributed by atoms with Gasteiger partial charge in [0.05, 0.1) is 13.2 Å². The predicted octanol–water partition coefficient (Wildman–Crippen LogP) is 13.7. The fraction of sp³-hybridized carbons (Fsp3) is 0.841. The van der Waals surface area contributed by atoms with Crippen molar-refractivity contribution in [2.24, 2.45) is 0 Å². The monoisotopic (exact) mass is 675 g/mol. The third-order valence-electron chi connectivity index (χ3n) is 9.23. The highest BCUT2D eigenvalue weighted by Gasteiger charge is 2.13. The highest BCUT2D eigenvalue weighted by Crippen LogP contribution is 2.15. The molecule has 0 fully saturated rings. The molecule has 282 valence electrons. The Hall–Kier alpha value is -1.39. The molecule has 48 heavy (non-hydrogen) atoms. The van der Waals surface area contributed by atoms with Gasteiger partial charge in [0.1, 0.15) is 6.10 Å². The summed E-state index contributed by atoms with van der Waals surface area (Å²) in [5.74, 6) is -0.208. The molecule has 0 aromatic heterocycles. The summed E-state index contributed by atoms with van der Waals surface area (Å²) < 4.78 is 11.2. The maximum Gasteiger partial charge on any atom is 0.306 e. The summed E-state index contributed by atoms with van der Waals surface area (Å²) in [5.41, 5.74) is 0. The van der Waals surface area contributed by atoms with Crippen molar-refractivity contribution >= 4 is 5.97 Å². The predicted molar refractivity (Wildman–Crippen MR) is 210 cm³/mol. The van der Waals surface area contributed by atoms with Gasteiger partial charge >= 0.3 is 5.97 Å². The smallest absolute Gasteiger partial charge is 0.306 e. The van der Waals surface area contributed by atoms with Crippen molar-refractivity contribution in [1.82, 2.24) is 0 Å². The van der Waals surface area contributed by atoms with Gasteiger partial charge in [0.15, 0.2) is 0 Å². The number of aliphatic hydroxyl groups excluding tert-OH is 1. The van der Waals surface area contributed by atoms with Gasteiger partial charge in [0.2, 0.25) is 0 Å². The molecule has 0 aliphatic heterocycles. The Morgan fingerprint density at radius 2 is 0.938 bits per heavy atom. The topological polar surface area (TPSA) is 55.8 Å². The molecular weight excluding hydrogens is 592 g/mol. The number of carbonyl (C=O) groups excluding carboxylic acids is 1. The Labute approximate surface area is 300 Å². The van der Waals surface area contributed by atoms with Crippen LogP contribution in [-0.2, 0) is 14.3 Å². The zero-order chi connectivity index (χ0) is 34.9. The second-order valence-electron chi connectivity index (χ2n) is 14.0. The molecule has 0 rings (SSSR count). The van der Waals surface area contributed by atoms with E-state index in [9.17, 15) is 9.90 Å². The van der Waals surface area contributed by atoms with Crippen LogP contribution in [0.5, 0.6) is 0 Å². The van der Waals surface area contributed by atoms with E-state index in [0.29, 0.717) is 19.6 Å². The van der Waals surface area contributed by atoms with Crippen LogP contribution in [0.25, 0.3) is 0 Å². The van der Waals surface area contributed by atoms with Gasteiger partial charge in [-0.05, 0) is 44.9 Å². The quantitative estimate of drug-likeness (QED) is 0.0400. The molecule has 0 heterocycles. The van der Waals surface area contributed by atoms with E-state index in [2.05, 4.69) is 50.3 Å². The zero-order valence-electron chi connectivity index (χ0n) is 32.3. The standard InChI is InChI=1S/C44H82O4/c1-3-5-7-9-11-13-15-17-19-21-22-24-26-28-30-32-34-36-38-40-47-42-43(41-45)48-44(46)39-37-35-33-31-29-27-25-23-20-18-16-14-12-10-8-6-4-2/h6,8,12,14,18,20,43,45H,3-5,7,9-11,13,15-17,19,21-42H2,1-2H3/b8-6-,14-12-,20-18-. The summed E-state index contributed by atoms with van der Waals surface area (Å²) >= 11 is 0. The Morgan fingerprint density at radius 3 is 1.42 bits per heavy atom. The highest BCUT2D eigenvalue weighted by molar-refractivity contribution is 5.69. The van der Waals surface area contributed by atoms with Crippen LogP contribution in [0.4, 0.5) is 0 Å². The SMILES string of the molecule is CC/C=C\C/C=C\C/C=C\CCCCCCCCCC(=O)OC(CO)COCCCCCCCCCCCCCCCCCCCCC. The van der Waals surface area contributed by atoms with Gasteiger partial charge < -0.3 is 14.6 Å². The molecule has 1 unspecified atom stereocenters. The molecule has 0 bridgehead atoms. The number of hydrogen-bond acceptors (Lipinski definition) is 4. The van der Waals surface area contributed by atoms with E-state index >= 15 is 0 Å². The van der Waals surface area contributed by atoms with Crippen molar-refractivity contribution in [1.29, 1.82) is 0 Å². The van der Waals surface area contributed by atoms with Crippen LogP contribution in [-0.4, -0.2) is 37.0 Å². The van der Waals surface area contributed by atoms with Crippen LogP contribution in [0.15, 0.2) is 36.5 Å². The lowest BCUT2D eigenvalue weighted by Crippen LogP contribution is -2.27. The molecule has 4 nitrogen and oxygen atoms in total. The first kappa shape index (κ1) is 46.6. The van der Waals surface area contributed by atoms with E-state index in [0.717, 1.165) is 38.5 Å². The molecular formula is C44H82O4. The van der Waals surface area contributed by atoms with Crippen LogP contribution < -0.4 is 0 Å². The zero-order valence-corrected chi connectivity index (χ0v) is 32.3. The molecule has 0 aliphatic carbocycles. The lowest BCUT2D eigenvalue weighted by molar-refractivity contribution is -0.154. The second kappa shape index (κ2) is 41.8. The van der Waals surface area contributed by atoms with Crippen LogP contribution >= 0.6 is 0 Å². The van der Waals surface area contributed by atoms with Gasteiger partial charge in [-0.1, -0.05) is 198 Å². The maximum atomic E-state index is 12.2. The molecule has 0 saturated heterocycles. The van der Waals surface area contributed by atoms with Crippen molar-refractivity contribution in [3.63, 3.8) is 0 Å². The summed E-state index contributed by atoms with van der Waals surface area (Å²) in [7, 11) is 0. The van der Waals surface area contributed by atoms with Gasteiger partial charge in [-0.3, -0.25) is 4.79 Å². The molecule has 0 amide bonds. The Morgan fingerprint density at radius 1 is 0.521 bits per heavy atom. The van der Waals surface area contributed by atoms with Crippen molar-refractivity contribution < 1.29 is 19.4 Å². The third-order valence-corrected chi connectivity index (χ3v) is 9.23. The molecule has 1 atom stereocenters. The van der Waals surface area contributed by atoms with Crippen LogP contribution in [0.1, 0.15) is 213 Å². The summed E-state index contributed by atoms with van der Waals surface area (Å²) in [6, 6.07) is 0. The summed E-state index contributed by atoms with van der Waals surface area (Å²) in [6.07, 6.45) is 52.0. The minimum absolute atomic E-state index is 0.173. The molecule has 0 aliphatic rings. The highest BCUT2D eigenvalue weighted by atomic mass is 16.6. The van der Waals surface area contributed by atoms with E-state index in [1.807, 2.05) is 0 Å². The normalized spacial score (nSPS) is 12.6. The van der Waals surface area contributed by atoms with Gasteiger partial charge in [0.25, 0.3) is 0 Å². The van der Waals surface area contributed by atoms with Crippen molar-refractivity contribution in [3.8, 4) is 0 Å². The van der Waals surface area contributed by atoms with Crippen LogP contribution in [0.3, 0.4) is 0 Å². The molecule has 0 saturated carbocycles. The van der Waals surface area contributed by atoms with Crippen LogP contribution in [0.2, 0.25) is 0 Å². The van der Waals surface area contributed by atoms with Crippen molar-refractivity contribution in [2.45, 2.75) is 219 Å². The van der Waals surface area contributed by atoms with Gasteiger partial charge in [0, 0.05) is 13.0 Å². The largest absolute Gasteiger partial charge is 0.457 e. The number of ether oxygens (including phenoxy) is 2. The number of hydrogen-bond donors (Lipinski definition) is 1. The minimum atomic E-state index is -0.536. The van der Waals surface area contributed by atoms with Crippen molar-refractivity contribution in [2.75, 3.05) is 19.8 Å². The van der Waals surface area contributed by atoms with E-state index in [1.54, 1.807) is 0 Å². The Bertz CT molecular complexity index is 713. The minimum Gasteiger partial charge on any atom is -0.457 e. The maximum absolute atomic E-state index is 12.2. The average Bonchev–Trinajstić information content (AvgIpc) is 3.09. The Kier molecular flexibility index (Phi) is 40.6. The summed E-state index contributed by atoms with van der Waals surface area (Å²) in [6.45, 7) is 5.25. The molecule has 1 N–H and O–H groups in total. The number of unbranched alkanes of at least 4 members (excludes halogenated alkanes) is 25. The molecule has 0 aromatic carbocycles. The lowest BCUT2D eigenvalue weighted by atomic mass is 10.0. The fourth-order valence-electron chi connectivity index (χ4n) is 6.11. The molecule has 4 heteroatoms. The third kappa shape index (κ3) is 39.1. The Balaban J connectivity index is 3.41. The average molecular weight is 675 g/mol. The number of allylic oxidation sites excluding steroid dienone is 6. The molecule has 0 spiro atoms. The van der Waals surface area contributed by atoms with E-state index in [1.165, 1.54) is 154 Å². The number of carbonyl (C=O) groups is 1.